The highest BCUT2D eigenvalue weighted by Gasteiger charge is 2.60. The Hall–Kier alpha value is -1.71. The molecule has 4 heteroatoms. The highest BCUT2D eigenvalue weighted by atomic mass is 16.1. The third-order valence-electron chi connectivity index (χ3n) is 7.58. The van der Waals surface area contributed by atoms with Crippen molar-refractivity contribution < 1.29 is 14.4 Å². The first-order chi connectivity index (χ1) is 11.4. The van der Waals surface area contributed by atoms with Crippen LogP contribution < -0.4 is 5.32 Å². The van der Waals surface area contributed by atoms with E-state index in [1.165, 1.54) is 0 Å². The van der Waals surface area contributed by atoms with E-state index in [0.29, 0.717) is 30.0 Å². The number of ketones is 2. The summed E-state index contributed by atoms with van der Waals surface area (Å²) in [5.74, 6) is 1.71. The monoisotopic (exact) mass is 327 g/mol. The molecule has 0 radical (unpaired) electrons. The smallest absolute Gasteiger partial charge is 0.207 e. The van der Waals surface area contributed by atoms with Crippen molar-refractivity contribution in [2.75, 3.05) is 0 Å². The van der Waals surface area contributed by atoms with Gasteiger partial charge in [-0.05, 0) is 61.2 Å². The molecule has 1 N–H and O–H groups in total. The van der Waals surface area contributed by atoms with E-state index in [1.807, 2.05) is 0 Å². The molecule has 4 aliphatic carbocycles. The molecule has 0 aromatic carbocycles. The average Bonchev–Trinajstić information content (AvgIpc) is 2.85. The second-order valence-corrected chi connectivity index (χ2v) is 8.49. The maximum atomic E-state index is 12.5. The molecule has 4 rings (SSSR count). The molecule has 0 heterocycles. The number of allylic oxidation sites excluding steroid dienone is 3. The van der Waals surface area contributed by atoms with E-state index in [9.17, 15) is 14.4 Å². The zero-order valence-corrected chi connectivity index (χ0v) is 14.4. The largest absolute Gasteiger partial charge is 0.352 e. The molecule has 0 aromatic rings. The number of carbonyl (C=O) groups is 3. The molecule has 1 amide bonds. The van der Waals surface area contributed by atoms with Crippen LogP contribution in [0.1, 0.15) is 46.0 Å². The minimum atomic E-state index is -0.190. The predicted octanol–water partition coefficient (Wildman–Crippen LogP) is 2.59. The molecule has 0 unspecified atom stereocenters. The van der Waals surface area contributed by atoms with Crippen molar-refractivity contribution in [1.29, 1.82) is 0 Å². The van der Waals surface area contributed by atoms with Gasteiger partial charge in [0.25, 0.3) is 0 Å². The lowest BCUT2D eigenvalue weighted by Crippen LogP contribution is -2.55. The molecule has 24 heavy (non-hydrogen) atoms. The zero-order valence-electron chi connectivity index (χ0n) is 14.4. The Morgan fingerprint density at radius 1 is 1.21 bits per heavy atom. The van der Waals surface area contributed by atoms with Crippen molar-refractivity contribution in [1.82, 2.24) is 5.32 Å². The van der Waals surface area contributed by atoms with E-state index >= 15 is 0 Å². The van der Waals surface area contributed by atoms with Crippen LogP contribution in [0, 0.1) is 28.6 Å². The van der Waals surface area contributed by atoms with E-state index in [0.717, 1.165) is 37.7 Å². The van der Waals surface area contributed by atoms with Gasteiger partial charge in [-0.15, -0.1) is 0 Å². The second kappa shape index (κ2) is 5.14. The summed E-state index contributed by atoms with van der Waals surface area (Å²) in [6.45, 7) is 4.36. The minimum absolute atomic E-state index is 0.00955. The van der Waals surface area contributed by atoms with Crippen LogP contribution in [0.2, 0.25) is 0 Å². The summed E-state index contributed by atoms with van der Waals surface area (Å²) in [6.07, 6.45) is 10.7. The molecule has 0 aliphatic heterocycles. The van der Waals surface area contributed by atoms with Crippen molar-refractivity contribution in [2.24, 2.45) is 28.6 Å². The summed E-state index contributed by atoms with van der Waals surface area (Å²) in [7, 11) is 0. The maximum Gasteiger partial charge on any atom is 0.207 e. The highest BCUT2D eigenvalue weighted by Crippen LogP contribution is 2.63. The van der Waals surface area contributed by atoms with Gasteiger partial charge in [0.15, 0.2) is 5.78 Å². The Balaban J connectivity index is 1.77. The molecule has 0 bridgehead atoms. The standard InChI is InChI=1S/C20H25NO3/c1-19-7-5-12(23)9-16(19)17(21-11-22)10-13-14-3-4-18(24)20(14,2)8-6-15(13)19/h5,7,9,11,13-15,17H,3-4,6,8,10H2,1-2H3,(H,21,22)/t13-,14-,15-,17-,19+,20-/m0/s1. The number of hydrogen-bond donors (Lipinski definition) is 1. The number of hydrogen-bond acceptors (Lipinski definition) is 3. The van der Waals surface area contributed by atoms with Crippen LogP contribution in [-0.4, -0.2) is 24.0 Å². The number of nitrogens with one attached hydrogen (secondary N) is 1. The molecule has 0 saturated heterocycles. The molecule has 0 spiro atoms. The highest BCUT2D eigenvalue weighted by molar-refractivity contribution is 6.01. The lowest BCUT2D eigenvalue weighted by Gasteiger charge is -2.57. The summed E-state index contributed by atoms with van der Waals surface area (Å²) < 4.78 is 0. The minimum Gasteiger partial charge on any atom is -0.352 e. The molecule has 128 valence electrons. The lowest BCUT2D eigenvalue weighted by atomic mass is 9.47. The maximum absolute atomic E-state index is 12.5. The lowest BCUT2D eigenvalue weighted by molar-refractivity contribution is -0.132. The Morgan fingerprint density at radius 2 is 2.00 bits per heavy atom. The number of fused-ring (bicyclic) bond motifs is 5. The van der Waals surface area contributed by atoms with Gasteiger partial charge in [0, 0.05) is 17.3 Å². The zero-order chi connectivity index (χ0) is 17.1. The van der Waals surface area contributed by atoms with Crippen molar-refractivity contribution in [3.8, 4) is 0 Å². The molecule has 4 aliphatic rings. The number of Topliss-reactive ketones (excluding diaryl/α,β-unsaturated/α-hetero) is 1. The molecule has 3 saturated carbocycles. The van der Waals surface area contributed by atoms with Gasteiger partial charge in [-0.25, -0.2) is 0 Å². The van der Waals surface area contributed by atoms with Crippen LogP contribution in [0.4, 0.5) is 0 Å². The Kier molecular flexibility index (Phi) is 3.38. The van der Waals surface area contributed by atoms with E-state index in [-0.39, 0.29) is 22.7 Å². The van der Waals surface area contributed by atoms with Gasteiger partial charge in [-0.1, -0.05) is 19.9 Å². The van der Waals surface area contributed by atoms with Crippen molar-refractivity contribution in [2.45, 2.75) is 52.0 Å². The van der Waals surface area contributed by atoms with Crippen LogP contribution >= 0.6 is 0 Å². The first-order valence-corrected chi connectivity index (χ1v) is 9.08. The van der Waals surface area contributed by atoms with E-state index in [4.69, 9.17) is 0 Å². The Bertz CT molecular complexity index is 678. The van der Waals surface area contributed by atoms with E-state index in [1.54, 1.807) is 12.2 Å². The second-order valence-electron chi connectivity index (χ2n) is 8.49. The molecule has 6 atom stereocenters. The molecular weight excluding hydrogens is 302 g/mol. The van der Waals surface area contributed by atoms with Crippen molar-refractivity contribution in [3.63, 3.8) is 0 Å². The fraction of sp³-hybridized carbons (Fsp3) is 0.650. The number of rotatable bonds is 2. The van der Waals surface area contributed by atoms with Crippen molar-refractivity contribution in [3.05, 3.63) is 23.8 Å². The average molecular weight is 327 g/mol. The van der Waals surface area contributed by atoms with Crippen molar-refractivity contribution >= 4 is 18.0 Å². The van der Waals surface area contributed by atoms with Crippen LogP contribution in [0.3, 0.4) is 0 Å². The molecule has 4 nitrogen and oxygen atoms in total. The van der Waals surface area contributed by atoms with Crippen LogP contribution in [-0.2, 0) is 14.4 Å². The van der Waals surface area contributed by atoms with Crippen LogP contribution in [0.15, 0.2) is 23.8 Å². The molecular formula is C20H25NO3. The third-order valence-corrected chi connectivity index (χ3v) is 7.58. The quantitative estimate of drug-likeness (QED) is 0.793. The van der Waals surface area contributed by atoms with Crippen LogP contribution in [0.25, 0.3) is 0 Å². The summed E-state index contributed by atoms with van der Waals surface area (Å²) >= 11 is 0. The van der Waals surface area contributed by atoms with Gasteiger partial charge >= 0.3 is 0 Å². The van der Waals surface area contributed by atoms with Gasteiger partial charge in [0.2, 0.25) is 6.41 Å². The Labute approximate surface area is 142 Å². The fourth-order valence-corrected chi connectivity index (χ4v) is 6.29. The van der Waals surface area contributed by atoms with Gasteiger partial charge < -0.3 is 5.32 Å². The van der Waals surface area contributed by atoms with Gasteiger partial charge in [0.05, 0.1) is 6.04 Å². The normalized spacial score (nSPS) is 46.7. The summed E-state index contributed by atoms with van der Waals surface area (Å²) in [5, 5.41) is 2.95. The predicted molar refractivity (Wildman–Crippen MR) is 90.0 cm³/mol. The third kappa shape index (κ3) is 1.95. The van der Waals surface area contributed by atoms with E-state index in [2.05, 4.69) is 25.2 Å². The summed E-state index contributed by atoms with van der Waals surface area (Å²) in [5.41, 5.74) is 0.680. The number of amides is 1. The topological polar surface area (TPSA) is 63.2 Å². The van der Waals surface area contributed by atoms with Gasteiger partial charge in [-0.2, -0.15) is 0 Å². The summed E-state index contributed by atoms with van der Waals surface area (Å²) in [6, 6.07) is -0.0966. The van der Waals surface area contributed by atoms with Gasteiger partial charge in [0.1, 0.15) is 5.78 Å². The Morgan fingerprint density at radius 3 is 2.75 bits per heavy atom. The molecule has 3 fully saturated rings. The SMILES string of the molecule is C[C@]12C=CC(=O)C=C1[C@@H](NC=O)C[C@@H]1[C@@H]2CC[C@]2(C)C(=O)CC[C@@H]12. The first kappa shape index (κ1) is 15.8. The van der Waals surface area contributed by atoms with Gasteiger partial charge in [-0.3, -0.25) is 14.4 Å². The number of carbonyl (C=O) groups excluding carboxylic acids is 3. The van der Waals surface area contributed by atoms with Crippen LogP contribution in [0.5, 0.6) is 0 Å². The van der Waals surface area contributed by atoms with E-state index < -0.39 is 0 Å². The summed E-state index contributed by atoms with van der Waals surface area (Å²) in [4.78, 5) is 35.5. The molecule has 0 aromatic heterocycles. The fourth-order valence-electron chi connectivity index (χ4n) is 6.29. The first-order valence-electron chi connectivity index (χ1n) is 9.08.